The maximum Gasteiger partial charge on any atom is 0.315 e. The van der Waals surface area contributed by atoms with Crippen LogP contribution in [0.15, 0.2) is 48.5 Å². The molecule has 1 aliphatic heterocycles. The molecule has 1 atom stereocenters. The van der Waals surface area contributed by atoms with Gasteiger partial charge in [0.1, 0.15) is 11.6 Å². The highest BCUT2D eigenvalue weighted by atomic mass is 19.1. The summed E-state index contributed by atoms with van der Waals surface area (Å²) < 4.78 is 24.1. The highest BCUT2D eigenvalue weighted by Crippen LogP contribution is 2.34. The van der Waals surface area contributed by atoms with E-state index in [4.69, 9.17) is 9.47 Å². The molecule has 0 aromatic heterocycles. The number of nitrogens with one attached hydrogen (secondary N) is 2. The second kappa shape index (κ2) is 9.74. The van der Waals surface area contributed by atoms with Crippen LogP contribution in [-0.4, -0.2) is 38.9 Å². The summed E-state index contributed by atoms with van der Waals surface area (Å²) in [5.74, 6) is 0.549. The monoisotopic (exact) mass is 400 g/mol. The number of urea groups is 1. The Morgan fingerprint density at radius 1 is 1.21 bits per heavy atom. The van der Waals surface area contributed by atoms with Gasteiger partial charge in [-0.1, -0.05) is 24.3 Å². The molecule has 6 heteroatoms. The van der Waals surface area contributed by atoms with E-state index in [-0.39, 0.29) is 23.3 Å². The molecule has 2 amide bonds. The van der Waals surface area contributed by atoms with Crippen LogP contribution in [0.3, 0.4) is 0 Å². The van der Waals surface area contributed by atoms with Gasteiger partial charge < -0.3 is 20.1 Å². The standard InChI is InChI=1S/C23H29FN2O3/c1-17(14-18-4-3-5-21(15-18)28-2)26-22(27)25-16-23(10-12-29-13-11-23)19-6-8-20(24)9-7-19/h3-9,15,17H,10-14,16H2,1-2H3,(H2,25,26,27). The van der Waals surface area contributed by atoms with Gasteiger partial charge in [-0.15, -0.1) is 0 Å². The molecular weight excluding hydrogens is 371 g/mol. The summed E-state index contributed by atoms with van der Waals surface area (Å²) in [6.07, 6.45) is 2.29. The summed E-state index contributed by atoms with van der Waals surface area (Å²) in [7, 11) is 1.64. The predicted molar refractivity (Wildman–Crippen MR) is 111 cm³/mol. The fraction of sp³-hybridized carbons (Fsp3) is 0.435. The summed E-state index contributed by atoms with van der Waals surface area (Å²) in [6.45, 7) is 3.72. The topological polar surface area (TPSA) is 59.6 Å². The van der Waals surface area contributed by atoms with Crippen molar-refractivity contribution in [2.75, 3.05) is 26.9 Å². The number of carbonyl (C=O) groups is 1. The van der Waals surface area contributed by atoms with Crippen LogP contribution in [0.4, 0.5) is 9.18 Å². The number of hydrogen-bond acceptors (Lipinski definition) is 3. The van der Waals surface area contributed by atoms with E-state index in [1.54, 1.807) is 7.11 Å². The van der Waals surface area contributed by atoms with Crippen LogP contribution < -0.4 is 15.4 Å². The molecule has 2 N–H and O–H groups in total. The highest BCUT2D eigenvalue weighted by molar-refractivity contribution is 5.74. The number of amides is 2. The lowest BCUT2D eigenvalue weighted by Crippen LogP contribution is -2.49. The molecule has 0 bridgehead atoms. The largest absolute Gasteiger partial charge is 0.497 e. The Balaban J connectivity index is 1.57. The summed E-state index contributed by atoms with van der Waals surface area (Å²) in [4.78, 5) is 12.5. The Kier molecular flexibility index (Phi) is 7.09. The normalized spacial score (nSPS) is 16.7. The van der Waals surface area contributed by atoms with Crippen molar-refractivity contribution >= 4 is 6.03 Å². The highest BCUT2D eigenvalue weighted by Gasteiger charge is 2.35. The van der Waals surface area contributed by atoms with E-state index < -0.39 is 0 Å². The van der Waals surface area contributed by atoms with Crippen LogP contribution in [0.25, 0.3) is 0 Å². The number of rotatable bonds is 7. The molecule has 3 rings (SSSR count). The van der Waals surface area contributed by atoms with Crippen LogP contribution in [0, 0.1) is 5.82 Å². The van der Waals surface area contributed by atoms with Crippen molar-refractivity contribution in [1.29, 1.82) is 0 Å². The minimum Gasteiger partial charge on any atom is -0.497 e. The molecule has 1 saturated heterocycles. The molecule has 0 aliphatic carbocycles. The first-order valence-electron chi connectivity index (χ1n) is 10.0. The minimum atomic E-state index is -0.256. The van der Waals surface area contributed by atoms with E-state index in [0.717, 1.165) is 29.7 Å². The van der Waals surface area contributed by atoms with Gasteiger partial charge in [-0.05, 0) is 61.6 Å². The third-order valence-electron chi connectivity index (χ3n) is 5.55. The van der Waals surface area contributed by atoms with Gasteiger partial charge >= 0.3 is 6.03 Å². The lowest BCUT2D eigenvalue weighted by molar-refractivity contribution is 0.0506. The Labute approximate surface area is 171 Å². The van der Waals surface area contributed by atoms with Gasteiger partial charge in [0.05, 0.1) is 7.11 Å². The first-order valence-corrected chi connectivity index (χ1v) is 10.0. The van der Waals surface area contributed by atoms with Gasteiger partial charge in [0.15, 0.2) is 0 Å². The van der Waals surface area contributed by atoms with Gasteiger partial charge in [-0.3, -0.25) is 0 Å². The fourth-order valence-electron chi connectivity index (χ4n) is 3.86. The van der Waals surface area contributed by atoms with E-state index in [1.165, 1.54) is 12.1 Å². The number of hydrogen-bond donors (Lipinski definition) is 2. The predicted octanol–water partition coefficient (Wildman–Crippen LogP) is 3.81. The Bertz CT molecular complexity index is 804. The lowest BCUT2D eigenvalue weighted by atomic mass is 9.74. The van der Waals surface area contributed by atoms with Crippen LogP contribution in [0.5, 0.6) is 5.75 Å². The first kappa shape index (κ1) is 21.1. The number of ether oxygens (including phenoxy) is 2. The van der Waals surface area contributed by atoms with Crippen LogP contribution in [0.1, 0.15) is 30.9 Å². The van der Waals surface area contributed by atoms with E-state index in [0.29, 0.717) is 26.2 Å². The molecule has 1 fully saturated rings. The van der Waals surface area contributed by atoms with Gasteiger partial charge in [0, 0.05) is 31.2 Å². The van der Waals surface area contributed by atoms with Gasteiger partial charge in [0.25, 0.3) is 0 Å². The fourth-order valence-corrected chi connectivity index (χ4v) is 3.86. The van der Waals surface area contributed by atoms with E-state index in [1.807, 2.05) is 43.3 Å². The zero-order valence-electron chi connectivity index (χ0n) is 17.0. The second-order valence-corrected chi connectivity index (χ2v) is 7.68. The first-order chi connectivity index (χ1) is 14.0. The molecule has 0 spiro atoms. The molecule has 5 nitrogen and oxygen atoms in total. The van der Waals surface area contributed by atoms with Crippen molar-refractivity contribution in [3.05, 3.63) is 65.5 Å². The van der Waals surface area contributed by atoms with Crippen molar-refractivity contribution in [1.82, 2.24) is 10.6 Å². The molecule has 2 aromatic rings. The van der Waals surface area contributed by atoms with Crippen molar-refractivity contribution in [2.45, 2.75) is 37.6 Å². The summed E-state index contributed by atoms with van der Waals surface area (Å²) in [5, 5.41) is 6.02. The van der Waals surface area contributed by atoms with Crippen molar-refractivity contribution in [2.24, 2.45) is 0 Å². The molecule has 2 aromatic carbocycles. The Morgan fingerprint density at radius 2 is 1.93 bits per heavy atom. The molecule has 0 saturated carbocycles. The average molecular weight is 400 g/mol. The van der Waals surface area contributed by atoms with Gasteiger partial charge in [0.2, 0.25) is 0 Å². The van der Waals surface area contributed by atoms with Crippen LogP contribution >= 0.6 is 0 Å². The number of benzene rings is 2. The number of halogens is 1. The van der Waals surface area contributed by atoms with Crippen LogP contribution in [-0.2, 0) is 16.6 Å². The van der Waals surface area contributed by atoms with Crippen molar-refractivity contribution in [3.8, 4) is 5.75 Å². The molecule has 1 heterocycles. The zero-order valence-corrected chi connectivity index (χ0v) is 17.0. The molecule has 29 heavy (non-hydrogen) atoms. The molecular formula is C23H29FN2O3. The van der Waals surface area contributed by atoms with E-state index in [9.17, 15) is 9.18 Å². The minimum absolute atomic E-state index is 0.0291. The molecule has 1 unspecified atom stereocenters. The summed E-state index contributed by atoms with van der Waals surface area (Å²) in [5.41, 5.74) is 1.90. The SMILES string of the molecule is COc1cccc(CC(C)NC(=O)NCC2(c3ccc(F)cc3)CCOCC2)c1. The van der Waals surface area contributed by atoms with Gasteiger partial charge in [-0.2, -0.15) is 0 Å². The lowest BCUT2D eigenvalue weighted by Gasteiger charge is -2.38. The smallest absolute Gasteiger partial charge is 0.315 e. The number of methoxy groups -OCH3 is 1. The quantitative estimate of drug-likeness (QED) is 0.743. The van der Waals surface area contributed by atoms with Crippen molar-refractivity contribution < 1.29 is 18.7 Å². The third kappa shape index (κ3) is 5.70. The molecule has 156 valence electrons. The number of carbonyl (C=O) groups excluding carboxylic acids is 1. The Morgan fingerprint density at radius 3 is 2.62 bits per heavy atom. The molecule has 0 radical (unpaired) electrons. The second-order valence-electron chi connectivity index (χ2n) is 7.68. The zero-order chi connectivity index (χ0) is 20.7. The Hall–Kier alpha value is -2.60. The van der Waals surface area contributed by atoms with Crippen molar-refractivity contribution in [3.63, 3.8) is 0 Å². The van der Waals surface area contributed by atoms with E-state index in [2.05, 4.69) is 10.6 Å². The average Bonchev–Trinajstić information content (AvgIpc) is 2.73. The summed E-state index contributed by atoms with van der Waals surface area (Å²) >= 11 is 0. The van der Waals surface area contributed by atoms with Crippen LogP contribution in [0.2, 0.25) is 0 Å². The van der Waals surface area contributed by atoms with Gasteiger partial charge in [-0.25, -0.2) is 9.18 Å². The summed E-state index contributed by atoms with van der Waals surface area (Å²) in [6, 6.07) is 14.2. The maximum absolute atomic E-state index is 13.4. The van der Waals surface area contributed by atoms with E-state index >= 15 is 0 Å². The molecule has 1 aliphatic rings. The third-order valence-corrected chi connectivity index (χ3v) is 5.55. The maximum atomic E-state index is 13.4.